The quantitative estimate of drug-likeness (QED) is 0.709. The number of carbonyl (C=O) groups is 1. The largest absolute Gasteiger partial charge is 0.317 e. The molecule has 1 aliphatic heterocycles. The molecule has 23 heavy (non-hydrogen) atoms. The summed E-state index contributed by atoms with van der Waals surface area (Å²) in [6, 6.07) is 7.48. The Balaban J connectivity index is 2.04. The van der Waals surface area contributed by atoms with Gasteiger partial charge in [-0.3, -0.25) is 9.59 Å². The monoisotopic (exact) mass is 345 g/mol. The molecule has 1 aromatic carbocycles. The van der Waals surface area contributed by atoms with E-state index >= 15 is 0 Å². The van der Waals surface area contributed by atoms with E-state index in [1.54, 1.807) is 6.92 Å². The molecule has 1 aliphatic rings. The van der Waals surface area contributed by atoms with Crippen LogP contribution in [-0.4, -0.2) is 15.9 Å². The number of fused-ring (bicyclic) bond motifs is 3. The van der Waals surface area contributed by atoms with E-state index < -0.39 is 0 Å². The molecule has 4 rings (SSSR count). The Hall–Kier alpha value is -2.18. The lowest BCUT2D eigenvalue weighted by molar-refractivity contribution is -0.116. The summed E-state index contributed by atoms with van der Waals surface area (Å²) in [7, 11) is 0. The number of thiophene rings is 1. The highest BCUT2D eigenvalue weighted by Gasteiger charge is 2.32. The van der Waals surface area contributed by atoms with E-state index in [1.165, 1.54) is 11.3 Å². The van der Waals surface area contributed by atoms with Gasteiger partial charge in [-0.2, -0.15) is 0 Å². The molecule has 2 N–H and O–H groups in total. The van der Waals surface area contributed by atoms with Crippen molar-refractivity contribution in [3.8, 4) is 0 Å². The van der Waals surface area contributed by atoms with Gasteiger partial charge in [-0.15, -0.1) is 11.3 Å². The fourth-order valence-electron chi connectivity index (χ4n) is 3.02. The second-order valence-electron chi connectivity index (χ2n) is 5.50. The third-order valence-corrected chi connectivity index (χ3v) is 5.42. The Morgan fingerprint density at radius 2 is 2.09 bits per heavy atom. The topological polar surface area (TPSA) is 74.8 Å². The maximum atomic E-state index is 12.2. The summed E-state index contributed by atoms with van der Waals surface area (Å²) in [5.41, 5.74) is 2.23. The van der Waals surface area contributed by atoms with Crippen molar-refractivity contribution in [3.05, 3.63) is 56.6 Å². The molecule has 1 atom stereocenters. The molecule has 0 spiro atoms. The van der Waals surface area contributed by atoms with Gasteiger partial charge in [0.15, 0.2) is 0 Å². The summed E-state index contributed by atoms with van der Waals surface area (Å²) >= 11 is 7.60. The van der Waals surface area contributed by atoms with Gasteiger partial charge in [-0.05, 0) is 18.6 Å². The maximum absolute atomic E-state index is 12.2. The number of amides is 1. The predicted molar refractivity (Wildman–Crippen MR) is 91.5 cm³/mol. The number of rotatable bonds is 1. The first-order valence-corrected chi connectivity index (χ1v) is 8.31. The molecule has 1 amide bonds. The van der Waals surface area contributed by atoms with Crippen LogP contribution in [0.3, 0.4) is 0 Å². The molecule has 0 radical (unpaired) electrons. The Kier molecular flexibility index (Phi) is 3.25. The highest BCUT2D eigenvalue weighted by atomic mass is 35.5. The van der Waals surface area contributed by atoms with Crippen LogP contribution in [0.5, 0.6) is 0 Å². The molecule has 2 aromatic heterocycles. The van der Waals surface area contributed by atoms with E-state index in [0.717, 1.165) is 11.1 Å². The molecule has 0 aliphatic carbocycles. The minimum atomic E-state index is -0.199. The summed E-state index contributed by atoms with van der Waals surface area (Å²) in [5, 5.41) is 4.15. The second kappa shape index (κ2) is 5.18. The molecule has 116 valence electrons. The molecule has 5 nitrogen and oxygen atoms in total. The average molecular weight is 346 g/mol. The number of anilines is 1. The third-order valence-electron chi connectivity index (χ3n) is 3.97. The summed E-state index contributed by atoms with van der Waals surface area (Å²) in [5.74, 6) is 0.273. The number of nitrogens with one attached hydrogen (secondary N) is 2. The third kappa shape index (κ3) is 2.26. The van der Waals surface area contributed by atoms with Crippen LogP contribution in [0, 0.1) is 6.92 Å². The van der Waals surface area contributed by atoms with Crippen molar-refractivity contribution < 1.29 is 4.79 Å². The van der Waals surface area contributed by atoms with Crippen molar-refractivity contribution in [2.24, 2.45) is 0 Å². The Morgan fingerprint density at radius 1 is 1.30 bits per heavy atom. The van der Waals surface area contributed by atoms with Crippen molar-refractivity contribution >= 4 is 44.1 Å². The van der Waals surface area contributed by atoms with E-state index in [2.05, 4.69) is 15.3 Å². The first-order valence-electron chi connectivity index (χ1n) is 7.12. The molecular formula is C16H12ClN3O2S. The van der Waals surface area contributed by atoms with Crippen molar-refractivity contribution in [2.45, 2.75) is 19.3 Å². The minimum Gasteiger partial charge on any atom is -0.317 e. The molecule has 7 heteroatoms. The minimum absolute atomic E-state index is 0.0814. The molecule has 0 unspecified atom stereocenters. The average Bonchev–Trinajstić information content (AvgIpc) is 2.85. The number of hydrogen-bond donors (Lipinski definition) is 2. The van der Waals surface area contributed by atoms with E-state index in [0.29, 0.717) is 26.1 Å². The standard InChI is InChI=1S/C16H12ClN3O2S/c1-7-18-13-12-9(8-4-2-3-5-10(8)17)6-11(21)20-16(12)23-14(13)15(22)19-7/h2-5,9H,6H2,1H3,(H,20,21)(H,18,19,22)/t9-/m0/s1. The van der Waals surface area contributed by atoms with E-state index in [1.807, 2.05) is 24.3 Å². The Morgan fingerprint density at radius 3 is 2.87 bits per heavy atom. The lowest BCUT2D eigenvalue weighted by Gasteiger charge is -2.24. The smallest absolute Gasteiger partial charge is 0.268 e. The van der Waals surface area contributed by atoms with Gasteiger partial charge in [0.05, 0.1) is 5.52 Å². The van der Waals surface area contributed by atoms with Crippen LogP contribution in [0.25, 0.3) is 10.2 Å². The normalized spacial score (nSPS) is 17.1. The number of nitrogens with zero attached hydrogens (tertiary/aromatic N) is 1. The van der Waals surface area contributed by atoms with Crippen molar-refractivity contribution in [2.75, 3.05) is 5.32 Å². The maximum Gasteiger partial charge on any atom is 0.268 e. The van der Waals surface area contributed by atoms with E-state index in [4.69, 9.17) is 11.6 Å². The first kappa shape index (κ1) is 14.4. The van der Waals surface area contributed by atoms with Crippen LogP contribution < -0.4 is 10.9 Å². The fourth-order valence-corrected chi connectivity index (χ4v) is 4.40. The molecule has 3 heterocycles. The number of aromatic amines is 1. The molecule has 0 saturated heterocycles. The predicted octanol–water partition coefficient (Wildman–Crippen LogP) is 3.42. The van der Waals surface area contributed by atoms with E-state index in [9.17, 15) is 9.59 Å². The fraction of sp³-hybridized carbons (Fsp3) is 0.188. The van der Waals surface area contributed by atoms with Gasteiger partial charge in [0, 0.05) is 22.9 Å². The van der Waals surface area contributed by atoms with E-state index in [-0.39, 0.29) is 23.8 Å². The SMILES string of the molecule is Cc1nc2c3c(sc2c(=O)[nH]1)NC(=O)C[C@H]3c1ccccc1Cl. The van der Waals surface area contributed by atoms with Crippen molar-refractivity contribution in [3.63, 3.8) is 0 Å². The van der Waals surface area contributed by atoms with Gasteiger partial charge < -0.3 is 10.3 Å². The zero-order valence-corrected chi connectivity index (χ0v) is 13.7. The van der Waals surface area contributed by atoms with Crippen LogP contribution >= 0.6 is 22.9 Å². The number of halogens is 1. The van der Waals surface area contributed by atoms with Crippen molar-refractivity contribution in [1.29, 1.82) is 0 Å². The number of carbonyl (C=O) groups excluding carboxylic acids is 1. The molecule has 3 aromatic rings. The van der Waals surface area contributed by atoms with Crippen LogP contribution in [0.1, 0.15) is 29.3 Å². The molecule has 0 saturated carbocycles. The lowest BCUT2D eigenvalue weighted by Crippen LogP contribution is -2.22. The van der Waals surface area contributed by atoms with Crippen LogP contribution in [0.4, 0.5) is 5.00 Å². The van der Waals surface area contributed by atoms with Crippen LogP contribution in [0.15, 0.2) is 29.1 Å². The highest BCUT2D eigenvalue weighted by Crippen LogP contribution is 2.46. The van der Waals surface area contributed by atoms with Gasteiger partial charge in [-0.25, -0.2) is 4.98 Å². The van der Waals surface area contributed by atoms with Crippen LogP contribution in [0.2, 0.25) is 5.02 Å². The molecular weight excluding hydrogens is 334 g/mol. The molecule has 0 bridgehead atoms. The number of H-pyrrole nitrogens is 1. The number of benzene rings is 1. The number of aryl methyl sites for hydroxylation is 1. The second-order valence-corrected chi connectivity index (χ2v) is 6.93. The van der Waals surface area contributed by atoms with Crippen molar-refractivity contribution in [1.82, 2.24) is 9.97 Å². The van der Waals surface area contributed by atoms with Gasteiger partial charge in [0.2, 0.25) is 5.91 Å². The number of aromatic nitrogens is 2. The zero-order chi connectivity index (χ0) is 16.1. The highest BCUT2D eigenvalue weighted by molar-refractivity contribution is 7.23. The Labute approximate surface area is 140 Å². The summed E-state index contributed by atoms with van der Waals surface area (Å²) in [4.78, 5) is 31.5. The van der Waals surface area contributed by atoms with Gasteiger partial charge in [0.1, 0.15) is 15.5 Å². The first-order chi connectivity index (χ1) is 11.0. The summed E-state index contributed by atoms with van der Waals surface area (Å²) in [6.07, 6.45) is 0.288. The Bertz CT molecular complexity index is 1010. The van der Waals surface area contributed by atoms with Gasteiger partial charge in [-0.1, -0.05) is 29.8 Å². The van der Waals surface area contributed by atoms with Gasteiger partial charge >= 0.3 is 0 Å². The summed E-state index contributed by atoms with van der Waals surface area (Å²) in [6.45, 7) is 1.75. The summed E-state index contributed by atoms with van der Waals surface area (Å²) < 4.78 is 0.528. The lowest BCUT2D eigenvalue weighted by atomic mass is 9.86. The molecule has 0 fully saturated rings. The zero-order valence-electron chi connectivity index (χ0n) is 12.1. The van der Waals surface area contributed by atoms with Gasteiger partial charge in [0.25, 0.3) is 5.56 Å². The number of hydrogen-bond acceptors (Lipinski definition) is 4. The van der Waals surface area contributed by atoms with Crippen LogP contribution in [-0.2, 0) is 4.79 Å².